The summed E-state index contributed by atoms with van der Waals surface area (Å²) < 4.78 is 43.6. The summed E-state index contributed by atoms with van der Waals surface area (Å²) in [5.74, 6) is -0.417. The average Bonchev–Trinajstić information content (AvgIpc) is 2.95. The summed E-state index contributed by atoms with van der Waals surface area (Å²) in [6, 6.07) is 7.39. The number of sulfone groups is 1. The van der Waals surface area contributed by atoms with Crippen molar-refractivity contribution in [2.45, 2.75) is 5.03 Å². The highest BCUT2D eigenvalue weighted by molar-refractivity contribution is 7.90. The highest BCUT2D eigenvalue weighted by Gasteiger charge is 2.16. The Balaban J connectivity index is 2.10. The Morgan fingerprint density at radius 1 is 1.20 bits per heavy atom. The van der Waals surface area contributed by atoms with E-state index in [0.29, 0.717) is 16.9 Å². The SMILES string of the molecule is COc1ccc(-c2c(Cl)ncn2-c2ccc(S(C)(=O)=O)nc2)cc1F. The van der Waals surface area contributed by atoms with Crippen molar-refractivity contribution in [2.75, 3.05) is 13.4 Å². The Hall–Kier alpha value is -2.45. The molecule has 0 aliphatic heterocycles. The second kappa shape index (κ2) is 6.45. The topological polar surface area (TPSA) is 74.1 Å². The van der Waals surface area contributed by atoms with Crippen molar-refractivity contribution in [2.24, 2.45) is 0 Å². The molecule has 25 heavy (non-hydrogen) atoms. The summed E-state index contributed by atoms with van der Waals surface area (Å²) in [7, 11) is -2.02. The van der Waals surface area contributed by atoms with Gasteiger partial charge in [-0.05, 0) is 30.3 Å². The van der Waals surface area contributed by atoms with Gasteiger partial charge in [-0.2, -0.15) is 0 Å². The molecule has 0 aliphatic rings. The van der Waals surface area contributed by atoms with Crippen LogP contribution in [0.4, 0.5) is 4.39 Å². The van der Waals surface area contributed by atoms with Crippen LogP contribution in [0, 0.1) is 5.82 Å². The van der Waals surface area contributed by atoms with E-state index in [2.05, 4.69) is 9.97 Å². The van der Waals surface area contributed by atoms with E-state index in [1.165, 1.54) is 37.8 Å². The monoisotopic (exact) mass is 381 g/mol. The van der Waals surface area contributed by atoms with Crippen LogP contribution in [0.3, 0.4) is 0 Å². The second-order valence-corrected chi connectivity index (χ2v) is 7.55. The third-order valence-electron chi connectivity index (χ3n) is 3.53. The first-order valence-corrected chi connectivity index (χ1v) is 9.31. The molecule has 3 aromatic rings. The summed E-state index contributed by atoms with van der Waals surface area (Å²) in [5.41, 5.74) is 1.49. The minimum Gasteiger partial charge on any atom is -0.494 e. The van der Waals surface area contributed by atoms with Crippen molar-refractivity contribution in [3.63, 3.8) is 0 Å². The molecule has 3 rings (SSSR count). The van der Waals surface area contributed by atoms with Gasteiger partial charge >= 0.3 is 0 Å². The minimum atomic E-state index is -3.40. The molecular formula is C16H13ClFN3O3S. The summed E-state index contributed by atoms with van der Waals surface area (Å²) in [4.78, 5) is 7.98. The molecule has 0 saturated carbocycles. The number of imidazole rings is 1. The van der Waals surface area contributed by atoms with E-state index in [-0.39, 0.29) is 15.9 Å². The highest BCUT2D eigenvalue weighted by atomic mass is 35.5. The maximum Gasteiger partial charge on any atom is 0.192 e. The first kappa shape index (κ1) is 17.4. The van der Waals surface area contributed by atoms with Crippen LogP contribution in [0.5, 0.6) is 5.75 Å². The Morgan fingerprint density at radius 2 is 1.96 bits per heavy atom. The van der Waals surface area contributed by atoms with Crippen LogP contribution >= 0.6 is 11.6 Å². The Labute approximate surface area is 148 Å². The summed E-state index contributed by atoms with van der Waals surface area (Å²) in [5, 5.41) is 0.135. The Kier molecular flexibility index (Phi) is 4.49. The van der Waals surface area contributed by atoms with E-state index < -0.39 is 15.7 Å². The molecule has 9 heteroatoms. The zero-order valence-corrected chi connectivity index (χ0v) is 14.8. The standard InChI is InChI=1S/C16H13ClFN3O3S/c1-24-13-5-3-10(7-12(13)18)15-16(17)20-9-21(15)11-4-6-14(19-8-11)25(2,22)23/h3-9H,1-2H3. The molecule has 0 saturated heterocycles. The minimum absolute atomic E-state index is 0.0421. The number of ether oxygens (including phenoxy) is 1. The smallest absolute Gasteiger partial charge is 0.192 e. The molecule has 0 unspecified atom stereocenters. The van der Waals surface area contributed by atoms with Gasteiger partial charge in [0.1, 0.15) is 6.33 Å². The predicted octanol–water partition coefficient (Wildman–Crippen LogP) is 3.14. The van der Waals surface area contributed by atoms with E-state index in [1.54, 1.807) is 16.7 Å². The van der Waals surface area contributed by atoms with Crippen molar-refractivity contribution in [3.8, 4) is 22.7 Å². The van der Waals surface area contributed by atoms with Gasteiger partial charge in [0, 0.05) is 11.8 Å². The van der Waals surface area contributed by atoms with Crippen LogP contribution in [0.25, 0.3) is 16.9 Å². The number of benzene rings is 1. The van der Waals surface area contributed by atoms with Crippen molar-refractivity contribution >= 4 is 21.4 Å². The fraction of sp³-hybridized carbons (Fsp3) is 0.125. The molecule has 130 valence electrons. The quantitative estimate of drug-likeness (QED) is 0.694. The first-order chi connectivity index (χ1) is 11.8. The van der Waals surface area contributed by atoms with Crippen LogP contribution in [-0.2, 0) is 9.84 Å². The van der Waals surface area contributed by atoms with E-state index in [9.17, 15) is 12.8 Å². The molecule has 0 bridgehead atoms. The molecule has 1 aromatic carbocycles. The fourth-order valence-corrected chi connectivity index (χ4v) is 3.13. The lowest BCUT2D eigenvalue weighted by Gasteiger charge is -2.10. The van der Waals surface area contributed by atoms with Gasteiger partial charge in [-0.25, -0.2) is 22.8 Å². The van der Waals surface area contributed by atoms with Gasteiger partial charge in [0.2, 0.25) is 0 Å². The molecule has 6 nitrogen and oxygen atoms in total. The largest absolute Gasteiger partial charge is 0.494 e. The number of hydrogen-bond acceptors (Lipinski definition) is 5. The zero-order valence-electron chi connectivity index (χ0n) is 13.3. The van der Waals surface area contributed by atoms with Gasteiger partial charge in [-0.3, -0.25) is 4.57 Å². The number of rotatable bonds is 4. The summed E-state index contributed by atoms with van der Waals surface area (Å²) in [6.45, 7) is 0. The first-order valence-electron chi connectivity index (χ1n) is 7.04. The molecule has 0 aliphatic carbocycles. The maximum absolute atomic E-state index is 14.0. The maximum atomic E-state index is 14.0. The van der Waals surface area contributed by atoms with E-state index in [1.807, 2.05) is 0 Å². The van der Waals surface area contributed by atoms with Gasteiger partial charge < -0.3 is 4.74 Å². The number of aromatic nitrogens is 3. The molecule has 0 spiro atoms. The van der Waals surface area contributed by atoms with Crippen LogP contribution in [0.2, 0.25) is 5.15 Å². The average molecular weight is 382 g/mol. The third kappa shape index (κ3) is 3.35. The van der Waals surface area contributed by atoms with Gasteiger partial charge in [-0.1, -0.05) is 11.6 Å². The summed E-state index contributed by atoms with van der Waals surface area (Å²) in [6.07, 6.45) is 3.92. The van der Waals surface area contributed by atoms with Gasteiger partial charge in [-0.15, -0.1) is 0 Å². The van der Waals surface area contributed by atoms with Crippen molar-refractivity contribution in [3.05, 3.63) is 53.8 Å². The Morgan fingerprint density at radius 3 is 2.52 bits per heavy atom. The molecule has 2 heterocycles. The normalized spacial score (nSPS) is 11.5. The molecular weight excluding hydrogens is 369 g/mol. The van der Waals surface area contributed by atoms with Crippen LogP contribution in [0.1, 0.15) is 0 Å². The molecule has 0 atom stereocenters. The molecule has 0 radical (unpaired) electrons. The third-order valence-corrected chi connectivity index (χ3v) is 4.80. The van der Waals surface area contributed by atoms with Gasteiger partial charge in [0.05, 0.1) is 24.7 Å². The second-order valence-electron chi connectivity index (χ2n) is 5.23. The zero-order chi connectivity index (χ0) is 18.2. The van der Waals surface area contributed by atoms with E-state index >= 15 is 0 Å². The van der Waals surface area contributed by atoms with Gasteiger partial charge in [0.25, 0.3) is 0 Å². The Bertz CT molecular complexity index is 1030. The number of halogens is 2. The highest BCUT2D eigenvalue weighted by Crippen LogP contribution is 2.32. The van der Waals surface area contributed by atoms with Crippen LogP contribution in [-0.4, -0.2) is 36.3 Å². The predicted molar refractivity (Wildman–Crippen MR) is 91.4 cm³/mol. The van der Waals surface area contributed by atoms with Crippen LogP contribution in [0.15, 0.2) is 47.9 Å². The molecule has 0 amide bonds. The lowest BCUT2D eigenvalue weighted by molar-refractivity contribution is 0.386. The van der Waals surface area contributed by atoms with E-state index in [4.69, 9.17) is 16.3 Å². The van der Waals surface area contributed by atoms with E-state index in [0.717, 1.165) is 6.26 Å². The lowest BCUT2D eigenvalue weighted by Crippen LogP contribution is -2.02. The van der Waals surface area contributed by atoms with Crippen molar-refractivity contribution in [1.82, 2.24) is 14.5 Å². The fourth-order valence-electron chi connectivity index (χ4n) is 2.33. The summed E-state index contributed by atoms with van der Waals surface area (Å²) >= 11 is 6.16. The van der Waals surface area contributed by atoms with Crippen molar-refractivity contribution in [1.29, 1.82) is 0 Å². The van der Waals surface area contributed by atoms with Crippen molar-refractivity contribution < 1.29 is 17.5 Å². The molecule has 0 N–H and O–H groups in total. The number of nitrogens with zero attached hydrogens (tertiary/aromatic N) is 3. The lowest BCUT2D eigenvalue weighted by atomic mass is 10.1. The number of hydrogen-bond donors (Lipinski definition) is 0. The van der Waals surface area contributed by atoms with Crippen LogP contribution < -0.4 is 4.74 Å². The molecule has 0 fully saturated rings. The number of methoxy groups -OCH3 is 1. The molecule has 2 aromatic heterocycles. The number of pyridine rings is 1. The van der Waals surface area contributed by atoms with Gasteiger partial charge in [0.15, 0.2) is 31.6 Å².